The van der Waals surface area contributed by atoms with E-state index in [-0.39, 0.29) is 12.5 Å². The zero-order valence-corrected chi connectivity index (χ0v) is 16.2. The summed E-state index contributed by atoms with van der Waals surface area (Å²) in [7, 11) is 0. The van der Waals surface area contributed by atoms with Crippen LogP contribution in [0.5, 0.6) is 0 Å². The highest BCUT2D eigenvalue weighted by molar-refractivity contribution is 5.91. The van der Waals surface area contributed by atoms with E-state index in [1.54, 1.807) is 11.0 Å². The van der Waals surface area contributed by atoms with Gasteiger partial charge in [0.05, 0.1) is 17.6 Å². The number of carbonyl (C=O) groups is 1. The maximum atomic E-state index is 12.6. The highest BCUT2D eigenvalue weighted by Gasteiger charge is 2.12. The topological polar surface area (TPSA) is 77.6 Å². The lowest BCUT2D eigenvalue weighted by Crippen LogP contribution is -2.19. The third-order valence-corrected chi connectivity index (χ3v) is 4.91. The van der Waals surface area contributed by atoms with Crippen LogP contribution >= 0.6 is 0 Å². The highest BCUT2D eigenvalue weighted by atomic mass is 16.1. The molecule has 1 amide bonds. The monoisotopic (exact) mass is 374 g/mol. The van der Waals surface area contributed by atoms with Crippen molar-refractivity contribution < 1.29 is 4.79 Å². The molecule has 0 aliphatic rings. The van der Waals surface area contributed by atoms with E-state index in [2.05, 4.69) is 46.4 Å². The van der Waals surface area contributed by atoms with Gasteiger partial charge in [-0.1, -0.05) is 12.1 Å². The van der Waals surface area contributed by atoms with Gasteiger partial charge in [0.25, 0.3) is 0 Å². The normalized spacial score (nSPS) is 11.1. The Hall–Kier alpha value is -3.48. The summed E-state index contributed by atoms with van der Waals surface area (Å²) in [6.45, 7) is 6.94. The molecule has 28 heavy (non-hydrogen) atoms. The average Bonchev–Trinajstić information content (AvgIpc) is 3.26. The second-order valence-corrected chi connectivity index (χ2v) is 7.01. The minimum atomic E-state index is -0.0790. The number of anilines is 1. The van der Waals surface area contributed by atoms with E-state index in [0.717, 1.165) is 28.1 Å². The lowest BCUT2D eigenvalue weighted by molar-refractivity contribution is -0.116. The van der Waals surface area contributed by atoms with Crippen LogP contribution in [0.25, 0.3) is 11.0 Å². The number of hydrogen-bond donors (Lipinski definition) is 1. The molecule has 0 aliphatic carbocycles. The minimum Gasteiger partial charge on any atom is -0.325 e. The first-order chi connectivity index (χ1) is 13.5. The third-order valence-electron chi connectivity index (χ3n) is 4.91. The van der Waals surface area contributed by atoms with E-state index in [1.807, 2.05) is 35.8 Å². The molecule has 2 aromatic carbocycles. The van der Waals surface area contributed by atoms with Gasteiger partial charge in [0.1, 0.15) is 25.0 Å². The summed E-state index contributed by atoms with van der Waals surface area (Å²) in [5, 5.41) is 7.06. The number of rotatable bonds is 5. The number of aromatic nitrogens is 5. The van der Waals surface area contributed by atoms with Crippen molar-refractivity contribution in [1.82, 2.24) is 24.3 Å². The predicted molar refractivity (Wildman–Crippen MR) is 108 cm³/mol. The van der Waals surface area contributed by atoms with Gasteiger partial charge in [-0.15, -0.1) is 0 Å². The van der Waals surface area contributed by atoms with E-state index in [0.29, 0.717) is 6.54 Å². The average molecular weight is 374 g/mol. The third kappa shape index (κ3) is 3.64. The summed E-state index contributed by atoms with van der Waals surface area (Å²) in [5.41, 5.74) is 6.15. The van der Waals surface area contributed by atoms with Gasteiger partial charge in [-0.05, 0) is 61.7 Å². The lowest BCUT2D eigenvalue weighted by Gasteiger charge is -2.10. The van der Waals surface area contributed by atoms with E-state index in [1.165, 1.54) is 17.5 Å². The van der Waals surface area contributed by atoms with Gasteiger partial charge in [0, 0.05) is 5.69 Å². The molecule has 1 N–H and O–H groups in total. The first kappa shape index (κ1) is 17.9. The molecule has 4 aromatic rings. The molecule has 2 aromatic heterocycles. The number of amides is 1. The Morgan fingerprint density at radius 1 is 1.07 bits per heavy atom. The van der Waals surface area contributed by atoms with E-state index in [4.69, 9.17) is 0 Å². The lowest BCUT2D eigenvalue weighted by atomic mass is 10.1. The Morgan fingerprint density at radius 2 is 1.82 bits per heavy atom. The van der Waals surface area contributed by atoms with Gasteiger partial charge in [0.15, 0.2) is 0 Å². The Morgan fingerprint density at radius 3 is 2.54 bits per heavy atom. The summed E-state index contributed by atoms with van der Waals surface area (Å²) < 4.78 is 3.71. The van der Waals surface area contributed by atoms with Crippen molar-refractivity contribution in [2.75, 3.05) is 5.32 Å². The summed E-state index contributed by atoms with van der Waals surface area (Å²) in [4.78, 5) is 21.1. The highest BCUT2D eigenvalue weighted by Crippen LogP contribution is 2.21. The smallest absolute Gasteiger partial charge is 0.244 e. The van der Waals surface area contributed by atoms with Crippen molar-refractivity contribution in [3.8, 4) is 0 Å². The number of imidazole rings is 1. The predicted octanol–water partition coefficient (Wildman–Crippen LogP) is 3.24. The van der Waals surface area contributed by atoms with Crippen molar-refractivity contribution in [1.29, 1.82) is 0 Å². The van der Waals surface area contributed by atoms with Gasteiger partial charge in [-0.25, -0.2) is 14.6 Å². The van der Waals surface area contributed by atoms with Crippen LogP contribution in [0.1, 0.15) is 22.5 Å². The first-order valence-corrected chi connectivity index (χ1v) is 9.15. The molecule has 0 aliphatic heterocycles. The van der Waals surface area contributed by atoms with Gasteiger partial charge in [-0.3, -0.25) is 4.79 Å². The zero-order chi connectivity index (χ0) is 19.7. The Kier molecular flexibility index (Phi) is 4.65. The van der Waals surface area contributed by atoms with Crippen LogP contribution in [0.4, 0.5) is 5.69 Å². The molecule has 0 saturated heterocycles. The largest absolute Gasteiger partial charge is 0.325 e. The van der Waals surface area contributed by atoms with Gasteiger partial charge >= 0.3 is 0 Å². The molecule has 0 spiro atoms. The Bertz CT molecular complexity index is 1130. The second kappa shape index (κ2) is 7.26. The number of benzene rings is 2. The number of fused-ring (bicyclic) bond motifs is 1. The minimum absolute atomic E-state index is 0.0790. The maximum absolute atomic E-state index is 12.6. The molecule has 142 valence electrons. The Balaban J connectivity index is 1.46. The fourth-order valence-electron chi connectivity index (χ4n) is 3.24. The first-order valence-electron chi connectivity index (χ1n) is 9.15. The van der Waals surface area contributed by atoms with Gasteiger partial charge in [0.2, 0.25) is 5.91 Å². The molecule has 7 heteroatoms. The number of aryl methyl sites for hydroxylation is 3. The zero-order valence-electron chi connectivity index (χ0n) is 16.2. The molecule has 7 nitrogen and oxygen atoms in total. The van der Waals surface area contributed by atoms with Crippen LogP contribution in [0.15, 0.2) is 49.1 Å². The summed E-state index contributed by atoms with van der Waals surface area (Å²) in [5.74, 6) is 0.753. The van der Waals surface area contributed by atoms with E-state index < -0.39 is 0 Å². The molecule has 0 saturated carbocycles. The molecule has 0 radical (unpaired) electrons. The standard InChI is InChI=1S/C21H22N6O/c1-14-8-19-20(9-15(14)2)27(16(3)24-19)11-21(28)25-18-6-4-17(5-7-18)10-26-13-22-12-23-26/h4-9,12-13H,10-11H2,1-3H3,(H,25,28). The molecule has 0 bridgehead atoms. The van der Waals surface area contributed by atoms with Crippen LogP contribution < -0.4 is 5.32 Å². The second-order valence-electron chi connectivity index (χ2n) is 7.01. The molecular formula is C21H22N6O. The van der Waals surface area contributed by atoms with Crippen LogP contribution in [-0.2, 0) is 17.9 Å². The van der Waals surface area contributed by atoms with Crippen molar-refractivity contribution >= 4 is 22.6 Å². The van der Waals surface area contributed by atoms with Crippen molar-refractivity contribution in [2.24, 2.45) is 0 Å². The van der Waals surface area contributed by atoms with Crippen molar-refractivity contribution in [3.05, 3.63) is 71.6 Å². The molecule has 2 heterocycles. The summed E-state index contributed by atoms with van der Waals surface area (Å²) >= 11 is 0. The molecule has 0 fully saturated rings. The number of nitrogens with one attached hydrogen (secondary N) is 1. The van der Waals surface area contributed by atoms with Crippen molar-refractivity contribution in [3.63, 3.8) is 0 Å². The summed E-state index contributed by atoms with van der Waals surface area (Å²) in [6, 6.07) is 11.9. The SMILES string of the molecule is Cc1cc2nc(C)n(CC(=O)Nc3ccc(Cn4cncn4)cc3)c2cc1C. The molecule has 0 unspecified atom stereocenters. The molecular weight excluding hydrogens is 352 g/mol. The number of hydrogen-bond acceptors (Lipinski definition) is 4. The van der Waals surface area contributed by atoms with Crippen LogP contribution in [0.3, 0.4) is 0 Å². The fraction of sp³-hybridized carbons (Fsp3) is 0.238. The fourth-order valence-corrected chi connectivity index (χ4v) is 3.24. The quantitative estimate of drug-likeness (QED) is 0.582. The summed E-state index contributed by atoms with van der Waals surface area (Å²) in [6.07, 6.45) is 3.19. The number of nitrogens with zero attached hydrogens (tertiary/aromatic N) is 5. The maximum Gasteiger partial charge on any atom is 0.244 e. The van der Waals surface area contributed by atoms with Crippen LogP contribution in [0.2, 0.25) is 0 Å². The van der Waals surface area contributed by atoms with E-state index in [9.17, 15) is 4.79 Å². The van der Waals surface area contributed by atoms with E-state index >= 15 is 0 Å². The Labute approximate surface area is 163 Å². The van der Waals surface area contributed by atoms with Crippen molar-refractivity contribution in [2.45, 2.75) is 33.9 Å². The molecule has 0 atom stereocenters. The van der Waals surface area contributed by atoms with Crippen LogP contribution in [0, 0.1) is 20.8 Å². The van der Waals surface area contributed by atoms with Crippen LogP contribution in [-0.4, -0.2) is 30.2 Å². The number of carbonyl (C=O) groups excluding carboxylic acids is 1. The molecule has 4 rings (SSSR count). The van der Waals surface area contributed by atoms with Gasteiger partial charge in [-0.2, -0.15) is 5.10 Å². The van der Waals surface area contributed by atoms with Gasteiger partial charge < -0.3 is 9.88 Å².